The summed E-state index contributed by atoms with van der Waals surface area (Å²) in [4.78, 5) is 13.9. The van der Waals surface area contributed by atoms with Gasteiger partial charge in [0, 0.05) is 18.7 Å². The van der Waals surface area contributed by atoms with Gasteiger partial charge in [0.25, 0.3) is 5.91 Å². The molecule has 1 saturated heterocycles. The highest BCUT2D eigenvalue weighted by atomic mass is 79.9. The molecule has 17 heavy (non-hydrogen) atoms. The Morgan fingerprint density at radius 2 is 2.35 bits per heavy atom. The van der Waals surface area contributed by atoms with Gasteiger partial charge in [-0.1, -0.05) is 0 Å². The van der Waals surface area contributed by atoms with Crippen molar-refractivity contribution >= 4 is 21.8 Å². The zero-order valence-corrected chi connectivity index (χ0v) is 11.0. The van der Waals surface area contributed by atoms with Gasteiger partial charge in [-0.05, 0) is 53.0 Å². The van der Waals surface area contributed by atoms with E-state index in [0.29, 0.717) is 29.0 Å². The standard InChI is InChI=1S/C12H15BrN2O2/c13-10-2-1-9(5-11(10)16)12(17)15-4-3-8(6-14)7-15/h1-2,5,8,16H,3-4,6-7,14H2. The van der Waals surface area contributed by atoms with Crippen molar-refractivity contribution in [3.8, 4) is 5.75 Å². The molecule has 1 aliphatic rings. The largest absolute Gasteiger partial charge is 0.507 e. The van der Waals surface area contributed by atoms with E-state index in [4.69, 9.17) is 5.73 Å². The first kappa shape index (κ1) is 12.4. The number of benzene rings is 1. The number of phenolic OH excluding ortho intramolecular Hbond substituents is 1. The predicted octanol–water partition coefficient (Wildman–Crippen LogP) is 1.58. The monoisotopic (exact) mass is 298 g/mol. The van der Waals surface area contributed by atoms with Gasteiger partial charge in [0.1, 0.15) is 5.75 Å². The summed E-state index contributed by atoms with van der Waals surface area (Å²) >= 11 is 3.19. The molecule has 3 N–H and O–H groups in total. The first-order chi connectivity index (χ1) is 8.11. The number of carbonyl (C=O) groups is 1. The summed E-state index contributed by atoms with van der Waals surface area (Å²) in [5, 5.41) is 9.55. The molecular formula is C12H15BrN2O2. The number of halogens is 1. The van der Waals surface area contributed by atoms with E-state index in [1.807, 2.05) is 0 Å². The van der Waals surface area contributed by atoms with E-state index in [-0.39, 0.29) is 11.7 Å². The molecule has 1 atom stereocenters. The van der Waals surface area contributed by atoms with E-state index in [1.165, 1.54) is 6.07 Å². The molecule has 0 aromatic heterocycles. The van der Waals surface area contributed by atoms with Crippen LogP contribution in [-0.4, -0.2) is 35.5 Å². The molecule has 0 aliphatic carbocycles. The Hall–Kier alpha value is -1.07. The highest BCUT2D eigenvalue weighted by molar-refractivity contribution is 9.10. The minimum absolute atomic E-state index is 0.0382. The van der Waals surface area contributed by atoms with Crippen LogP contribution in [0.1, 0.15) is 16.8 Å². The first-order valence-corrected chi connectivity index (χ1v) is 6.39. The number of likely N-dealkylation sites (tertiary alicyclic amines) is 1. The second kappa shape index (κ2) is 5.06. The zero-order valence-electron chi connectivity index (χ0n) is 9.40. The number of carbonyl (C=O) groups excluding carboxylic acids is 1. The molecule has 1 heterocycles. The van der Waals surface area contributed by atoms with Gasteiger partial charge in [0.2, 0.25) is 0 Å². The van der Waals surface area contributed by atoms with E-state index in [2.05, 4.69) is 15.9 Å². The summed E-state index contributed by atoms with van der Waals surface area (Å²) < 4.78 is 0.593. The average Bonchev–Trinajstić information content (AvgIpc) is 2.80. The Morgan fingerprint density at radius 3 is 2.94 bits per heavy atom. The highest BCUT2D eigenvalue weighted by Gasteiger charge is 2.26. The first-order valence-electron chi connectivity index (χ1n) is 5.59. The van der Waals surface area contributed by atoms with Crippen LogP contribution in [0.2, 0.25) is 0 Å². The van der Waals surface area contributed by atoms with E-state index in [1.54, 1.807) is 17.0 Å². The normalized spacial score (nSPS) is 19.6. The van der Waals surface area contributed by atoms with Crippen molar-refractivity contribution in [3.63, 3.8) is 0 Å². The quantitative estimate of drug-likeness (QED) is 0.871. The summed E-state index contributed by atoms with van der Waals surface area (Å²) in [5.41, 5.74) is 6.11. The maximum absolute atomic E-state index is 12.1. The van der Waals surface area contributed by atoms with Crippen LogP contribution in [0.5, 0.6) is 5.75 Å². The SMILES string of the molecule is NCC1CCN(C(=O)c2ccc(Br)c(O)c2)C1. The summed E-state index contributed by atoms with van der Waals surface area (Å²) in [6, 6.07) is 4.88. The Labute approximate surface area is 109 Å². The lowest BCUT2D eigenvalue weighted by atomic mass is 10.1. The number of amides is 1. The summed E-state index contributed by atoms with van der Waals surface area (Å²) in [6.45, 7) is 2.08. The molecule has 1 amide bonds. The Bertz CT molecular complexity index is 437. The molecule has 1 aromatic carbocycles. The van der Waals surface area contributed by atoms with Crippen LogP contribution < -0.4 is 5.73 Å². The highest BCUT2D eigenvalue weighted by Crippen LogP contribution is 2.26. The van der Waals surface area contributed by atoms with Gasteiger partial charge < -0.3 is 15.7 Å². The van der Waals surface area contributed by atoms with Gasteiger partial charge in [-0.3, -0.25) is 4.79 Å². The summed E-state index contributed by atoms with van der Waals surface area (Å²) in [6.07, 6.45) is 0.963. The van der Waals surface area contributed by atoms with Crippen LogP contribution in [0.4, 0.5) is 0 Å². The molecule has 0 radical (unpaired) electrons. The molecule has 92 valence electrons. The number of hydrogen-bond donors (Lipinski definition) is 2. The van der Waals surface area contributed by atoms with E-state index < -0.39 is 0 Å². The molecule has 1 unspecified atom stereocenters. The lowest BCUT2D eigenvalue weighted by molar-refractivity contribution is 0.0787. The van der Waals surface area contributed by atoms with E-state index in [0.717, 1.165) is 13.0 Å². The number of rotatable bonds is 2. The van der Waals surface area contributed by atoms with Gasteiger partial charge in [-0.15, -0.1) is 0 Å². The van der Waals surface area contributed by atoms with Crippen LogP contribution in [0.3, 0.4) is 0 Å². The molecule has 0 spiro atoms. The number of aromatic hydroxyl groups is 1. The Balaban J connectivity index is 2.12. The number of phenols is 1. The van der Waals surface area contributed by atoms with Gasteiger partial charge in [-0.2, -0.15) is 0 Å². The van der Waals surface area contributed by atoms with Crippen molar-refractivity contribution in [1.82, 2.24) is 4.90 Å². The van der Waals surface area contributed by atoms with Crippen LogP contribution in [0.25, 0.3) is 0 Å². The van der Waals surface area contributed by atoms with Gasteiger partial charge in [0.15, 0.2) is 0 Å². The average molecular weight is 299 g/mol. The fourth-order valence-electron chi connectivity index (χ4n) is 2.04. The van der Waals surface area contributed by atoms with Crippen LogP contribution in [-0.2, 0) is 0 Å². The van der Waals surface area contributed by atoms with E-state index >= 15 is 0 Å². The van der Waals surface area contributed by atoms with Gasteiger partial charge >= 0.3 is 0 Å². The second-order valence-electron chi connectivity index (χ2n) is 4.31. The molecule has 4 nitrogen and oxygen atoms in total. The van der Waals surface area contributed by atoms with E-state index in [9.17, 15) is 9.90 Å². The maximum Gasteiger partial charge on any atom is 0.253 e. The van der Waals surface area contributed by atoms with Gasteiger partial charge in [0.05, 0.1) is 4.47 Å². The molecular weight excluding hydrogens is 284 g/mol. The molecule has 0 bridgehead atoms. The Morgan fingerprint density at radius 1 is 1.59 bits per heavy atom. The smallest absolute Gasteiger partial charge is 0.253 e. The topological polar surface area (TPSA) is 66.6 Å². The van der Waals surface area contributed by atoms with Crippen LogP contribution in [0, 0.1) is 5.92 Å². The third-order valence-corrected chi connectivity index (χ3v) is 3.77. The molecule has 1 aliphatic heterocycles. The zero-order chi connectivity index (χ0) is 12.4. The lowest BCUT2D eigenvalue weighted by Gasteiger charge is -2.16. The van der Waals surface area contributed by atoms with Gasteiger partial charge in [-0.25, -0.2) is 0 Å². The summed E-state index contributed by atoms with van der Waals surface area (Å²) in [7, 11) is 0. The third-order valence-electron chi connectivity index (χ3n) is 3.10. The van der Waals surface area contributed by atoms with Crippen LogP contribution in [0.15, 0.2) is 22.7 Å². The minimum atomic E-state index is -0.0382. The van der Waals surface area contributed by atoms with Crippen molar-refractivity contribution in [2.45, 2.75) is 6.42 Å². The van der Waals surface area contributed by atoms with Crippen molar-refractivity contribution in [2.75, 3.05) is 19.6 Å². The predicted molar refractivity (Wildman–Crippen MR) is 68.9 cm³/mol. The minimum Gasteiger partial charge on any atom is -0.507 e. The lowest BCUT2D eigenvalue weighted by Crippen LogP contribution is -2.29. The van der Waals surface area contributed by atoms with Crippen molar-refractivity contribution in [1.29, 1.82) is 0 Å². The summed E-state index contributed by atoms with van der Waals surface area (Å²) in [5.74, 6) is 0.456. The molecule has 0 saturated carbocycles. The third kappa shape index (κ3) is 2.61. The van der Waals surface area contributed by atoms with Crippen molar-refractivity contribution < 1.29 is 9.90 Å². The van der Waals surface area contributed by atoms with Crippen LogP contribution >= 0.6 is 15.9 Å². The maximum atomic E-state index is 12.1. The second-order valence-corrected chi connectivity index (χ2v) is 5.16. The van der Waals surface area contributed by atoms with Crippen molar-refractivity contribution in [3.05, 3.63) is 28.2 Å². The molecule has 2 rings (SSSR count). The molecule has 1 fully saturated rings. The Kier molecular flexibility index (Phi) is 3.69. The molecule has 5 heteroatoms. The fourth-order valence-corrected chi connectivity index (χ4v) is 2.28. The number of nitrogens with zero attached hydrogens (tertiary/aromatic N) is 1. The van der Waals surface area contributed by atoms with Crippen molar-refractivity contribution in [2.24, 2.45) is 11.7 Å². The number of nitrogens with two attached hydrogens (primary N) is 1. The molecule has 1 aromatic rings. The number of hydrogen-bond acceptors (Lipinski definition) is 3. The fraction of sp³-hybridized carbons (Fsp3) is 0.417.